The van der Waals surface area contributed by atoms with Crippen LogP contribution in [-0.2, 0) is 9.53 Å². The number of morpholine rings is 1. The first-order valence-electron chi connectivity index (χ1n) is 8.18. The van der Waals surface area contributed by atoms with E-state index in [2.05, 4.69) is 15.4 Å². The van der Waals surface area contributed by atoms with Crippen LogP contribution < -0.4 is 26.2 Å². The first kappa shape index (κ1) is 17.6. The van der Waals surface area contributed by atoms with E-state index in [9.17, 15) is 4.79 Å². The van der Waals surface area contributed by atoms with Crippen LogP contribution >= 0.6 is 0 Å². The summed E-state index contributed by atoms with van der Waals surface area (Å²) in [5.41, 5.74) is 10.1. The van der Waals surface area contributed by atoms with Crippen molar-refractivity contribution in [3.63, 3.8) is 0 Å². The van der Waals surface area contributed by atoms with E-state index in [-0.39, 0.29) is 5.96 Å². The van der Waals surface area contributed by atoms with E-state index in [1.54, 1.807) is 24.4 Å². The second-order valence-electron chi connectivity index (χ2n) is 5.60. The molecule has 0 saturated carbocycles. The molecular formula is C17H21N7O2. The van der Waals surface area contributed by atoms with Crippen LogP contribution in [0.3, 0.4) is 0 Å². The number of benzene rings is 1. The smallest absolute Gasteiger partial charge is 0.230 e. The average Bonchev–Trinajstić information content (AvgIpc) is 2.70. The van der Waals surface area contributed by atoms with Gasteiger partial charge in [0.2, 0.25) is 12.4 Å². The van der Waals surface area contributed by atoms with Gasteiger partial charge in [0.25, 0.3) is 0 Å². The third kappa shape index (κ3) is 4.08. The molecule has 26 heavy (non-hydrogen) atoms. The number of rotatable bonds is 6. The van der Waals surface area contributed by atoms with E-state index in [4.69, 9.17) is 15.9 Å². The van der Waals surface area contributed by atoms with Gasteiger partial charge in [-0.25, -0.2) is 15.0 Å². The van der Waals surface area contributed by atoms with Crippen molar-refractivity contribution >= 4 is 29.6 Å². The van der Waals surface area contributed by atoms with Crippen molar-refractivity contribution in [2.24, 2.45) is 5.73 Å². The minimum absolute atomic E-state index is 0.291. The molecule has 4 N–H and O–H groups in total. The Kier molecular flexibility index (Phi) is 5.62. The molecule has 1 aromatic carbocycles. The van der Waals surface area contributed by atoms with Gasteiger partial charge < -0.3 is 15.4 Å². The lowest BCUT2D eigenvalue weighted by Crippen LogP contribution is -2.55. The Morgan fingerprint density at radius 2 is 1.96 bits per heavy atom. The maximum Gasteiger partial charge on any atom is 0.230 e. The van der Waals surface area contributed by atoms with Crippen molar-refractivity contribution in [2.75, 3.05) is 41.2 Å². The van der Waals surface area contributed by atoms with Crippen LogP contribution in [0.15, 0.2) is 48.7 Å². The summed E-state index contributed by atoms with van der Waals surface area (Å²) in [6.45, 7) is 3.10. The molecule has 0 aliphatic carbocycles. The number of nitrogens with one attached hydrogen (secondary N) is 2. The second-order valence-corrected chi connectivity index (χ2v) is 5.60. The Morgan fingerprint density at radius 1 is 1.23 bits per heavy atom. The molecule has 9 nitrogen and oxygen atoms in total. The SMILES string of the molecule is N=C(N)N(NN(C=O)c1ccc(N2CCOCC2)cc1)c1ccccn1. The number of aromatic nitrogens is 1. The van der Waals surface area contributed by atoms with E-state index in [1.165, 1.54) is 10.0 Å². The number of anilines is 3. The monoisotopic (exact) mass is 355 g/mol. The molecule has 1 aliphatic rings. The molecule has 2 heterocycles. The van der Waals surface area contributed by atoms with Gasteiger partial charge in [0, 0.05) is 25.0 Å². The van der Waals surface area contributed by atoms with Gasteiger partial charge in [-0.2, -0.15) is 0 Å². The summed E-state index contributed by atoms with van der Waals surface area (Å²) >= 11 is 0. The highest BCUT2D eigenvalue weighted by Gasteiger charge is 2.16. The van der Waals surface area contributed by atoms with Gasteiger partial charge >= 0.3 is 0 Å². The number of amides is 1. The predicted octanol–water partition coefficient (Wildman–Crippen LogP) is 0.701. The number of hydrogen-bond acceptors (Lipinski definition) is 6. The topological polar surface area (TPSA) is 111 Å². The predicted molar refractivity (Wildman–Crippen MR) is 99.8 cm³/mol. The van der Waals surface area contributed by atoms with Crippen LogP contribution in [0, 0.1) is 5.41 Å². The van der Waals surface area contributed by atoms with Gasteiger partial charge in [0.15, 0.2) is 5.82 Å². The Hall–Kier alpha value is -3.17. The highest BCUT2D eigenvalue weighted by Crippen LogP contribution is 2.21. The zero-order valence-electron chi connectivity index (χ0n) is 14.2. The number of hydrazine groups is 2. The van der Waals surface area contributed by atoms with E-state index in [0.717, 1.165) is 18.8 Å². The summed E-state index contributed by atoms with van der Waals surface area (Å²) in [7, 11) is 0. The number of carbonyl (C=O) groups excluding carboxylic acids is 1. The summed E-state index contributed by atoms with van der Waals surface area (Å²) in [4.78, 5) is 17.9. The number of nitrogens with zero attached hydrogens (tertiary/aromatic N) is 4. The van der Waals surface area contributed by atoms with E-state index >= 15 is 0 Å². The highest BCUT2D eigenvalue weighted by molar-refractivity contribution is 5.91. The molecule has 136 valence electrons. The van der Waals surface area contributed by atoms with Gasteiger partial charge in [-0.15, -0.1) is 5.53 Å². The molecule has 0 bridgehead atoms. The van der Waals surface area contributed by atoms with Gasteiger partial charge in [-0.05, 0) is 36.4 Å². The van der Waals surface area contributed by atoms with Gasteiger partial charge in [-0.3, -0.25) is 10.2 Å². The van der Waals surface area contributed by atoms with E-state index < -0.39 is 0 Å². The molecular weight excluding hydrogens is 334 g/mol. The van der Waals surface area contributed by atoms with Gasteiger partial charge in [0.05, 0.1) is 18.9 Å². The minimum atomic E-state index is -0.291. The fraction of sp³-hybridized carbons (Fsp3) is 0.235. The summed E-state index contributed by atoms with van der Waals surface area (Å²) in [6.07, 6.45) is 2.19. The molecule has 0 spiro atoms. The van der Waals surface area contributed by atoms with Crippen LogP contribution in [0.4, 0.5) is 17.2 Å². The zero-order valence-corrected chi connectivity index (χ0v) is 14.2. The van der Waals surface area contributed by atoms with Crippen molar-refractivity contribution in [3.8, 4) is 0 Å². The van der Waals surface area contributed by atoms with Crippen LogP contribution in [0.5, 0.6) is 0 Å². The molecule has 1 aromatic heterocycles. The lowest BCUT2D eigenvalue weighted by atomic mass is 10.2. The Bertz CT molecular complexity index is 733. The van der Waals surface area contributed by atoms with Crippen LogP contribution in [0.1, 0.15) is 0 Å². The molecule has 1 fully saturated rings. The number of pyridine rings is 1. The lowest BCUT2D eigenvalue weighted by molar-refractivity contribution is -0.108. The maximum absolute atomic E-state index is 11.6. The largest absolute Gasteiger partial charge is 0.378 e. The molecule has 0 unspecified atom stereocenters. The van der Waals surface area contributed by atoms with Gasteiger partial charge in [-0.1, -0.05) is 6.07 Å². The molecule has 0 atom stereocenters. The second kappa shape index (κ2) is 8.28. The summed E-state index contributed by atoms with van der Waals surface area (Å²) < 4.78 is 5.36. The fourth-order valence-corrected chi connectivity index (χ4v) is 2.61. The normalized spacial score (nSPS) is 13.9. The van der Waals surface area contributed by atoms with Crippen LogP contribution in [-0.4, -0.2) is 43.7 Å². The highest BCUT2D eigenvalue weighted by atomic mass is 16.5. The van der Waals surface area contributed by atoms with Crippen molar-refractivity contribution in [1.29, 1.82) is 5.41 Å². The molecule has 9 heteroatoms. The summed E-state index contributed by atoms with van der Waals surface area (Å²) in [5.74, 6) is 0.109. The van der Waals surface area contributed by atoms with Crippen LogP contribution in [0.2, 0.25) is 0 Å². The van der Waals surface area contributed by atoms with Crippen LogP contribution in [0.25, 0.3) is 0 Å². The fourth-order valence-electron chi connectivity index (χ4n) is 2.61. The van der Waals surface area contributed by atoms with E-state index in [1.807, 2.05) is 24.3 Å². The number of hydrogen-bond donors (Lipinski definition) is 3. The molecule has 1 aliphatic heterocycles. The molecule has 2 aromatic rings. The summed E-state index contributed by atoms with van der Waals surface area (Å²) in [6, 6.07) is 12.7. The average molecular weight is 355 g/mol. The third-order valence-electron chi connectivity index (χ3n) is 3.94. The van der Waals surface area contributed by atoms with Crippen molar-refractivity contribution < 1.29 is 9.53 Å². The molecule has 1 saturated heterocycles. The standard InChI is InChI=1S/C17H21N7O2/c18-17(19)24(16-3-1-2-8-20-16)21-23(13-25)15-6-4-14(5-7-15)22-9-11-26-12-10-22/h1-8,13,21H,9-12H2,(H3,18,19). The first-order chi connectivity index (χ1) is 12.7. The van der Waals surface area contributed by atoms with E-state index in [0.29, 0.717) is 31.1 Å². The van der Waals surface area contributed by atoms with Crippen molar-refractivity contribution in [1.82, 2.24) is 10.5 Å². The third-order valence-corrected chi connectivity index (χ3v) is 3.94. The zero-order chi connectivity index (χ0) is 18.4. The summed E-state index contributed by atoms with van der Waals surface area (Å²) in [5, 5.41) is 10.2. The number of ether oxygens (including phenoxy) is 1. The number of carbonyl (C=O) groups is 1. The lowest BCUT2D eigenvalue weighted by Gasteiger charge is -2.30. The molecule has 0 radical (unpaired) electrons. The Morgan fingerprint density at radius 3 is 2.54 bits per heavy atom. The van der Waals surface area contributed by atoms with Gasteiger partial charge in [0.1, 0.15) is 0 Å². The number of nitrogens with two attached hydrogens (primary N) is 1. The molecule has 1 amide bonds. The quantitative estimate of drug-likeness (QED) is 0.303. The Balaban J connectivity index is 1.75. The number of guanidine groups is 1. The minimum Gasteiger partial charge on any atom is -0.378 e. The molecule has 3 rings (SSSR count). The Labute approximate surface area is 151 Å². The van der Waals surface area contributed by atoms with Crippen molar-refractivity contribution in [2.45, 2.75) is 0 Å². The first-order valence-corrected chi connectivity index (χ1v) is 8.18. The maximum atomic E-state index is 11.6. The van der Waals surface area contributed by atoms with Crippen molar-refractivity contribution in [3.05, 3.63) is 48.7 Å².